The highest BCUT2D eigenvalue weighted by atomic mass is 35.5. The molecule has 1 aromatic rings. The van der Waals surface area contributed by atoms with Crippen molar-refractivity contribution in [2.24, 2.45) is 11.1 Å². The van der Waals surface area contributed by atoms with Gasteiger partial charge < -0.3 is 10.1 Å². The third kappa shape index (κ3) is 3.48. The number of halogens is 1. The summed E-state index contributed by atoms with van der Waals surface area (Å²) in [6.07, 6.45) is 3.95. The number of benzene rings is 1. The summed E-state index contributed by atoms with van der Waals surface area (Å²) in [6.45, 7) is 0. The van der Waals surface area contributed by atoms with Crippen LogP contribution in [0.25, 0.3) is 0 Å². The Kier molecular flexibility index (Phi) is 4.83. The minimum atomic E-state index is 0.400. The van der Waals surface area contributed by atoms with Crippen LogP contribution in [0, 0.1) is 5.92 Å². The third-order valence-electron chi connectivity index (χ3n) is 3.96. The molecular formula is C15H21ClN2O. The zero-order valence-corrected chi connectivity index (χ0v) is 12.3. The van der Waals surface area contributed by atoms with Gasteiger partial charge in [-0.2, -0.15) is 0 Å². The second kappa shape index (κ2) is 6.40. The molecule has 0 aromatic heterocycles. The predicted molar refractivity (Wildman–Crippen MR) is 79.1 cm³/mol. The van der Waals surface area contributed by atoms with Crippen molar-refractivity contribution < 1.29 is 5.21 Å². The number of hydrogen-bond acceptors (Lipinski definition) is 3. The zero-order valence-electron chi connectivity index (χ0n) is 11.5. The van der Waals surface area contributed by atoms with Crippen molar-refractivity contribution in [3.05, 3.63) is 34.9 Å². The Morgan fingerprint density at radius 1 is 1.21 bits per heavy atom. The van der Waals surface area contributed by atoms with Gasteiger partial charge in [0.15, 0.2) is 0 Å². The van der Waals surface area contributed by atoms with E-state index in [4.69, 9.17) is 16.8 Å². The summed E-state index contributed by atoms with van der Waals surface area (Å²) >= 11 is 5.96. The van der Waals surface area contributed by atoms with Crippen molar-refractivity contribution in [1.29, 1.82) is 0 Å². The fraction of sp³-hybridized carbons (Fsp3) is 0.533. The number of oxime groups is 1. The van der Waals surface area contributed by atoms with Crippen LogP contribution in [0.3, 0.4) is 0 Å². The molecule has 2 rings (SSSR count). The summed E-state index contributed by atoms with van der Waals surface area (Å²) in [5.41, 5.74) is 2.24. The van der Waals surface area contributed by atoms with Gasteiger partial charge in [0.2, 0.25) is 0 Å². The van der Waals surface area contributed by atoms with E-state index in [-0.39, 0.29) is 0 Å². The largest absolute Gasteiger partial charge is 0.411 e. The third-order valence-corrected chi connectivity index (χ3v) is 4.22. The molecule has 104 valence electrons. The van der Waals surface area contributed by atoms with Crippen LogP contribution < -0.4 is 0 Å². The monoisotopic (exact) mass is 280 g/mol. The van der Waals surface area contributed by atoms with Gasteiger partial charge in [-0.3, -0.25) is 0 Å². The molecule has 4 heteroatoms. The Morgan fingerprint density at radius 2 is 1.79 bits per heavy atom. The van der Waals surface area contributed by atoms with Crippen molar-refractivity contribution in [3.63, 3.8) is 0 Å². The number of hydrogen-bond donors (Lipinski definition) is 1. The molecule has 1 saturated carbocycles. The first-order valence-electron chi connectivity index (χ1n) is 6.73. The van der Waals surface area contributed by atoms with Crippen molar-refractivity contribution in [2.75, 3.05) is 14.1 Å². The molecule has 3 nitrogen and oxygen atoms in total. The molecule has 1 aliphatic carbocycles. The fourth-order valence-corrected chi connectivity index (χ4v) is 3.17. The molecule has 1 atom stereocenters. The van der Waals surface area contributed by atoms with E-state index in [9.17, 15) is 0 Å². The van der Waals surface area contributed by atoms with Crippen LogP contribution in [-0.2, 0) is 0 Å². The first-order valence-corrected chi connectivity index (χ1v) is 7.11. The smallest absolute Gasteiger partial charge is 0.0571 e. The lowest BCUT2D eigenvalue weighted by Gasteiger charge is -2.35. The Morgan fingerprint density at radius 3 is 2.26 bits per heavy atom. The highest BCUT2D eigenvalue weighted by Gasteiger charge is 2.28. The second-order valence-corrected chi connectivity index (χ2v) is 5.90. The first-order chi connectivity index (χ1) is 9.11. The first kappa shape index (κ1) is 14.4. The average molecular weight is 281 g/mol. The molecule has 0 amide bonds. The molecule has 0 bridgehead atoms. The highest BCUT2D eigenvalue weighted by Crippen LogP contribution is 2.36. The summed E-state index contributed by atoms with van der Waals surface area (Å²) in [6, 6.07) is 8.54. The molecule has 0 spiro atoms. The maximum absolute atomic E-state index is 8.84. The minimum absolute atomic E-state index is 0.400. The van der Waals surface area contributed by atoms with E-state index >= 15 is 0 Å². The van der Waals surface area contributed by atoms with Gasteiger partial charge in [-0.25, -0.2) is 0 Å². The Labute approximate surface area is 119 Å². The molecule has 1 aliphatic rings. The van der Waals surface area contributed by atoms with Crippen LogP contribution in [0.15, 0.2) is 29.4 Å². The molecule has 0 aliphatic heterocycles. The molecule has 0 radical (unpaired) electrons. The van der Waals surface area contributed by atoms with Gasteiger partial charge in [0.25, 0.3) is 0 Å². The van der Waals surface area contributed by atoms with Crippen LogP contribution in [0.4, 0.5) is 0 Å². The van der Waals surface area contributed by atoms with E-state index in [1.54, 1.807) is 0 Å². The number of nitrogens with zero attached hydrogens (tertiary/aromatic N) is 2. The summed E-state index contributed by atoms with van der Waals surface area (Å²) in [4.78, 5) is 2.27. The van der Waals surface area contributed by atoms with Gasteiger partial charge in [0.1, 0.15) is 0 Å². The lowest BCUT2D eigenvalue weighted by molar-refractivity contribution is 0.189. The minimum Gasteiger partial charge on any atom is -0.411 e. The van der Waals surface area contributed by atoms with Gasteiger partial charge in [0, 0.05) is 11.1 Å². The molecule has 1 N–H and O–H groups in total. The maximum Gasteiger partial charge on any atom is 0.0571 e. The van der Waals surface area contributed by atoms with E-state index in [1.165, 1.54) is 5.56 Å². The number of rotatable bonds is 3. The van der Waals surface area contributed by atoms with Crippen LogP contribution in [-0.4, -0.2) is 29.9 Å². The van der Waals surface area contributed by atoms with E-state index in [2.05, 4.69) is 36.3 Å². The predicted octanol–water partition coefficient (Wildman–Crippen LogP) is 3.96. The average Bonchev–Trinajstić information content (AvgIpc) is 2.42. The fourth-order valence-electron chi connectivity index (χ4n) is 3.04. The second-order valence-electron chi connectivity index (χ2n) is 5.46. The Bertz CT molecular complexity index is 432. The summed E-state index contributed by atoms with van der Waals surface area (Å²) in [5, 5.41) is 13.0. The van der Waals surface area contributed by atoms with Crippen LogP contribution >= 0.6 is 11.6 Å². The summed E-state index contributed by atoms with van der Waals surface area (Å²) in [5.74, 6) is 0.599. The van der Waals surface area contributed by atoms with E-state index in [0.717, 1.165) is 36.4 Å². The quantitative estimate of drug-likeness (QED) is 0.672. The van der Waals surface area contributed by atoms with Crippen LogP contribution in [0.5, 0.6) is 0 Å². The van der Waals surface area contributed by atoms with E-state index in [0.29, 0.717) is 12.0 Å². The van der Waals surface area contributed by atoms with Gasteiger partial charge in [-0.05, 0) is 63.4 Å². The Hall–Kier alpha value is -1.06. The van der Waals surface area contributed by atoms with E-state index in [1.807, 2.05) is 12.1 Å². The molecule has 1 fully saturated rings. The van der Waals surface area contributed by atoms with Crippen molar-refractivity contribution in [2.45, 2.75) is 31.7 Å². The molecule has 1 aromatic carbocycles. The standard InChI is InChI=1S/C15H21ClN2O/c1-18(2)15(11-3-7-13(16)8-4-11)12-5-9-14(17-19)10-6-12/h3-4,7-8,12,15,19H,5-6,9-10H2,1-2H3. The SMILES string of the molecule is CN(C)C(c1ccc(Cl)cc1)C1CCC(=NO)CC1. The molecular weight excluding hydrogens is 260 g/mol. The topological polar surface area (TPSA) is 35.8 Å². The van der Waals surface area contributed by atoms with Crippen molar-refractivity contribution in [3.8, 4) is 0 Å². The summed E-state index contributed by atoms with van der Waals surface area (Å²) < 4.78 is 0. The van der Waals surface area contributed by atoms with Gasteiger partial charge in [-0.1, -0.05) is 28.9 Å². The molecule has 0 heterocycles. The van der Waals surface area contributed by atoms with Gasteiger partial charge in [0.05, 0.1) is 5.71 Å². The van der Waals surface area contributed by atoms with Crippen molar-refractivity contribution in [1.82, 2.24) is 4.90 Å². The van der Waals surface area contributed by atoms with Crippen LogP contribution in [0.1, 0.15) is 37.3 Å². The van der Waals surface area contributed by atoms with E-state index < -0.39 is 0 Å². The Balaban J connectivity index is 2.15. The molecule has 19 heavy (non-hydrogen) atoms. The highest BCUT2D eigenvalue weighted by molar-refractivity contribution is 6.30. The lowest BCUT2D eigenvalue weighted by atomic mass is 9.80. The molecule has 0 saturated heterocycles. The normalized spacial score (nSPS) is 21.5. The molecule has 1 unspecified atom stereocenters. The van der Waals surface area contributed by atoms with Gasteiger partial charge in [-0.15, -0.1) is 0 Å². The zero-order chi connectivity index (χ0) is 13.8. The maximum atomic E-state index is 8.84. The van der Waals surface area contributed by atoms with Crippen molar-refractivity contribution >= 4 is 17.3 Å². The summed E-state index contributed by atoms with van der Waals surface area (Å²) in [7, 11) is 4.24. The lowest BCUT2D eigenvalue weighted by Crippen LogP contribution is -2.30. The van der Waals surface area contributed by atoms with Gasteiger partial charge >= 0.3 is 0 Å². The van der Waals surface area contributed by atoms with Crippen LogP contribution in [0.2, 0.25) is 5.02 Å².